The normalized spacial score (nSPS) is 16.1. The maximum Gasteiger partial charge on any atom is 0.126 e. The van der Waals surface area contributed by atoms with Gasteiger partial charge in [-0.05, 0) is 12.1 Å². The fourth-order valence-electron chi connectivity index (χ4n) is 2.34. The van der Waals surface area contributed by atoms with Gasteiger partial charge in [-0.25, -0.2) is 0 Å². The predicted molar refractivity (Wildman–Crippen MR) is 64.1 cm³/mol. The summed E-state index contributed by atoms with van der Waals surface area (Å²) in [6, 6.07) is 3.92. The predicted octanol–water partition coefficient (Wildman–Crippen LogP) is 1.15. The van der Waals surface area contributed by atoms with Crippen LogP contribution in [0.1, 0.15) is 17.0 Å². The van der Waals surface area contributed by atoms with E-state index in [-0.39, 0.29) is 0 Å². The van der Waals surface area contributed by atoms with Gasteiger partial charge in [0.05, 0.1) is 18.5 Å². The molecular weight excluding hydrogens is 216 g/mol. The van der Waals surface area contributed by atoms with Crippen LogP contribution in [0.2, 0.25) is 0 Å². The third-order valence-electron chi connectivity index (χ3n) is 3.28. The van der Waals surface area contributed by atoms with Gasteiger partial charge in [0.15, 0.2) is 0 Å². The van der Waals surface area contributed by atoms with Gasteiger partial charge >= 0.3 is 0 Å². The average Bonchev–Trinajstić information content (AvgIpc) is 2.91. The van der Waals surface area contributed by atoms with Crippen LogP contribution in [-0.4, -0.2) is 21.2 Å². The summed E-state index contributed by atoms with van der Waals surface area (Å²) >= 11 is 0. The van der Waals surface area contributed by atoms with Crippen LogP contribution in [0.15, 0.2) is 22.8 Å². The SMILES string of the molecule is Cn1nc2c(c1N)CN(Cc1ccco1)CC2. The first-order valence-corrected chi connectivity index (χ1v) is 5.79. The summed E-state index contributed by atoms with van der Waals surface area (Å²) in [6.45, 7) is 2.70. The van der Waals surface area contributed by atoms with Crippen molar-refractivity contribution in [1.29, 1.82) is 0 Å². The molecule has 1 aliphatic heterocycles. The van der Waals surface area contributed by atoms with Crippen LogP contribution >= 0.6 is 0 Å². The summed E-state index contributed by atoms with van der Waals surface area (Å²) in [4.78, 5) is 2.33. The molecule has 0 amide bonds. The minimum absolute atomic E-state index is 0.782. The van der Waals surface area contributed by atoms with Crippen molar-refractivity contribution in [2.45, 2.75) is 19.5 Å². The van der Waals surface area contributed by atoms with Gasteiger partial charge in [-0.3, -0.25) is 9.58 Å². The zero-order chi connectivity index (χ0) is 11.8. The molecular formula is C12H16N4O. The lowest BCUT2D eigenvalue weighted by Gasteiger charge is -2.25. The summed E-state index contributed by atoms with van der Waals surface area (Å²) in [6.07, 6.45) is 2.67. The second-order valence-electron chi connectivity index (χ2n) is 4.47. The molecule has 0 aliphatic carbocycles. The zero-order valence-corrected chi connectivity index (χ0v) is 9.89. The summed E-state index contributed by atoms with van der Waals surface area (Å²) in [7, 11) is 1.89. The molecule has 0 saturated heterocycles. The van der Waals surface area contributed by atoms with Gasteiger partial charge in [-0.15, -0.1) is 0 Å². The molecule has 0 fully saturated rings. The molecule has 0 bridgehead atoms. The molecule has 0 aromatic carbocycles. The summed E-state index contributed by atoms with van der Waals surface area (Å²) < 4.78 is 7.13. The van der Waals surface area contributed by atoms with Gasteiger partial charge < -0.3 is 10.2 Å². The third kappa shape index (κ3) is 1.82. The second kappa shape index (κ2) is 3.92. The van der Waals surface area contributed by atoms with Gasteiger partial charge in [0, 0.05) is 32.1 Å². The van der Waals surface area contributed by atoms with Crippen LogP contribution in [0.5, 0.6) is 0 Å². The topological polar surface area (TPSA) is 60.2 Å². The van der Waals surface area contributed by atoms with Crippen molar-refractivity contribution in [3.05, 3.63) is 35.4 Å². The Balaban J connectivity index is 1.78. The fraction of sp³-hybridized carbons (Fsp3) is 0.417. The molecule has 3 heterocycles. The van der Waals surface area contributed by atoms with Crippen molar-refractivity contribution in [2.24, 2.45) is 7.05 Å². The van der Waals surface area contributed by atoms with Crippen molar-refractivity contribution in [3.63, 3.8) is 0 Å². The number of nitrogens with zero attached hydrogens (tertiary/aromatic N) is 3. The Kier molecular flexibility index (Phi) is 2.40. The number of anilines is 1. The molecule has 2 aromatic heterocycles. The molecule has 17 heavy (non-hydrogen) atoms. The Morgan fingerprint density at radius 1 is 1.53 bits per heavy atom. The Bertz CT molecular complexity index is 515. The fourth-order valence-corrected chi connectivity index (χ4v) is 2.34. The number of nitrogens with two attached hydrogens (primary N) is 1. The third-order valence-corrected chi connectivity index (χ3v) is 3.28. The van der Waals surface area contributed by atoms with Gasteiger partial charge in [0.1, 0.15) is 11.6 Å². The first kappa shape index (κ1) is 10.4. The molecule has 0 spiro atoms. The van der Waals surface area contributed by atoms with E-state index in [1.807, 2.05) is 19.2 Å². The molecule has 5 heteroatoms. The van der Waals surface area contributed by atoms with Crippen molar-refractivity contribution in [1.82, 2.24) is 14.7 Å². The largest absolute Gasteiger partial charge is 0.468 e. The highest BCUT2D eigenvalue weighted by Gasteiger charge is 2.22. The quantitative estimate of drug-likeness (QED) is 0.844. The number of nitrogen functional groups attached to an aromatic ring is 1. The van der Waals surface area contributed by atoms with Crippen molar-refractivity contribution in [2.75, 3.05) is 12.3 Å². The number of furan rings is 1. The van der Waals surface area contributed by atoms with E-state index in [0.717, 1.165) is 43.3 Å². The molecule has 0 saturated carbocycles. The van der Waals surface area contributed by atoms with Crippen LogP contribution in [0.3, 0.4) is 0 Å². The van der Waals surface area contributed by atoms with Gasteiger partial charge in [0.2, 0.25) is 0 Å². The standard InChI is InChI=1S/C12H16N4O/c1-15-12(13)10-8-16(5-4-11(10)14-15)7-9-3-2-6-17-9/h2-3,6H,4-5,7-8,13H2,1H3. The first-order valence-electron chi connectivity index (χ1n) is 5.79. The lowest BCUT2D eigenvalue weighted by molar-refractivity contribution is 0.225. The first-order chi connectivity index (χ1) is 8.24. The van der Waals surface area contributed by atoms with E-state index in [4.69, 9.17) is 10.2 Å². The summed E-state index contributed by atoms with van der Waals surface area (Å²) in [5, 5.41) is 4.42. The number of hydrogen-bond acceptors (Lipinski definition) is 4. The van der Waals surface area contributed by atoms with Crippen LogP contribution in [-0.2, 0) is 26.6 Å². The number of aryl methyl sites for hydroxylation is 1. The van der Waals surface area contributed by atoms with Crippen LogP contribution in [0.25, 0.3) is 0 Å². The minimum Gasteiger partial charge on any atom is -0.468 e. The highest BCUT2D eigenvalue weighted by atomic mass is 16.3. The number of aromatic nitrogens is 2. The van der Waals surface area contributed by atoms with Crippen molar-refractivity contribution in [3.8, 4) is 0 Å². The summed E-state index contributed by atoms with van der Waals surface area (Å²) in [5.41, 5.74) is 8.32. The molecule has 0 atom stereocenters. The second-order valence-corrected chi connectivity index (χ2v) is 4.47. The Hall–Kier alpha value is -1.75. The van der Waals surface area contributed by atoms with E-state index in [1.54, 1.807) is 10.9 Å². The number of hydrogen-bond donors (Lipinski definition) is 1. The van der Waals surface area contributed by atoms with E-state index in [0.29, 0.717) is 0 Å². The van der Waals surface area contributed by atoms with E-state index in [2.05, 4.69) is 10.00 Å². The van der Waals surface area contributed by atoms with E-state index < -0.39 is 0 Å². The highest BCUT2D eigenvalue weighted by Crippen LogP contribution is 2.24. The van der Waals surface area contributed by atoms with E-state index >= 15 is 0 Å². The molecule has 90 valence electrons. The van der Waals surface area contributed by atoms with E-state index in [1.165, 1.54) is 5.56 Å². The molecule has 2 aromatic rings. The van der Waals surface area contributed by atoms with E-state index in [9.17, 15) is 0 Å². The average molecular weight is 232 g/mol. The number of fused-ring (bicyclic) bond motifs is 1. The smallest absolute Gasteiger partial charge is 0.126 e. The Labute approximate surface area is 99.8 Å². The zero-order valence-electron chi connectivity index (χ0n) is 9.89. The molecule has 0 unspecified atom stereocenters. The molecule has 1 aliphatic rings. The van der Waals surface area contributed by atoms with Gasteiger partial charge in [-0.2, -0.15) is 5.10 Å². The maximum atomic E-state index is 6.01. The Morgan fingerprint density at radius 2 is 2.41 bits per heavy atom. The molecule has 2 N–H and O–H groups in total. The lowest BCUT2D eigenvalue weighted by atomic mass is 10.1. The molecule has 0 radical (unpaired) electrons. The van der Waals surface area contributed by atoms with Crippen molar-refractivity contribution >= 4 is 5.82 Å². The minimum atomic E-state index is 0.782. The number of rotatable bonds is 2. The van der Waals surface area contributed by atoms with Crippen LogP contribution in [0, 0.1) is 0 Å². The van der Waals surface area contributed by atoms with Crippen molar-refractivity contribution < 1.29 is 4.42 Å². The maximum absolute atomic E-state index is 6.01. The molecule has 3 rings (SSSR count). The molecule has 5 nitrogen and oxygen atoms in total. The van der Waals surface area contributed by atoms with Gasteiger partial charge in [-0.1, -0.05) is 0 Å². The summed E-state index contributed by atoms with van der Waals surface area (Å²) in [5.74, 6) is 1.78. The van der Waals surface area contributed by atoms with Crippen LogP contribution in [0.4, 0.5) is 5.82 Å². The monoisotopic (exact) mass is 232 g/mol. The van der Waals surface area contributed by atoms with Crippen LogP contribution < -0.4 is 5.73 Å². The lowest BCUT2D eigenvalue weighted by Crippen LogP contribution is -2.29. The Morgan fingerprint density at radius 3 is 3.18 bits per heavy atom. The van der Waals surface area contributed by atoms with Gasteiger partial charge in [0.25, 0.3) is 0 Å². The highest BCUT2D eigenvalue weighted by molar-refractivity contribution is 5.44.